The van der Waals surface area contributed by atoms with Crippen LogP contribution in [-0.2, 0) is 22.4 Å². The number of hydrogen-bond acceptors (Lipinski definition) is 9. The molecule has 4 aromatic rings. The molecule has 1 heterocycles. The molecule has 1 amide bonds. The van der Waals surface area contributed by atoms with Gasteiger partial charge in [0, 0.05) is 31.7 Å². The summed E-state index contributed by atoms with van der Waals surface area (Å²) in [6.45, 7) is 3.56. The molecule has 42 heavy (non-hydrogen) atoms. The topological polar surface area (TPSA) is 122 Å². The second kappa shape index (κ2) is 17.3. The summed E-state index contributed by atoms with van der Waals surface area (Å²) in [5, 5.41) is 12.4. The molecule has 0 saturated carbocycles. The van der Waals surface area contributed by atoms with Crippen LogP contribution in [0.1, 0.15) is 21.5 Å². The Hall–Kier alpha value is -4.61. The first-order chi connectivity index (χ1) is 20.7. The predicted octanol–water partition coefficient (Wildman–Crippen LogP) is 4.15. The number of ether oxygens (including phenoxy) is 2. The van der Waals surface area contributed by atoms with Crippen LogP contribution in [-0.4, -0.2) is 66.9 Å². The molecule has 0 aliphatic heterocycles. The third kappa shape index (κ3) is 11.1. The van der Waals surface area contributed by atoms with Gasteiger partial charge in [-0.1, -0.05) is 60.7 Å². The molecule has 3 aromatic carbocycles. The fourth-order valence-electron chi connectivity index (χ4n) is 3.89. The summed E-state index contributed by atoms with van der Waals surface area (Å²) in [4.78, 5) is 25.4. The molecule has 10 nitrogen and oxygen atoms in total. The van der Waals surface area contributed by atoms with Crippen molar-refractivity contribution in [3.05, 3.63) is 107 Å². The molecule has 4 N–H and O–H groups in total. The largest absolute Gasteiger partial charge is 0.377 e. The zero-order valence-corrected chi connectivity index (χ0v) is 23.4. The van der Waals surface area contributed by atoms with Crippen molar-refractivity contribution in [2.75, 3.05) is 62.0 Å². The van der Waals surface area contributed by atoms with Crippen LogP contribution in [0.4, 0.5) is 22.2 Å². The van der Waals surface area contributed by atoms with E-state index in [1.165, 1.54) is 17.7 Å². The van der Waals surface area contributed by atoms with Gasteiger partial charge in [-0.3, -0.25) is 4.79 Å². The summed E-state index contributed by atoms with van der Waals surface area (Å²) in [7, 11) is 0. The van der Waals surface area contributed by atoms with E-state index in [9.17, 15) is 9.18 Å². The van der Waals surface area contributed by atoms with Gasteiger partial charge >= 0.3 is 0 Å². The Balaban J connectivity index is 1.17. The number of carbonyl (C=O) groups is 1. The van der Waals surface area contributed by atoms with Crippen LogP contribution in [0.5, 0.6) is 0 Å². The van der Waals surface area contributed by atoms with E-state index in [-0.39, 0.29) is 11.7 Å². The van der Waals surface area contributed by atoms with Crippen molar-refractivity contribution in [2.45, 2.75) is 13.0 Å². The molecule has 4 rings (SSSR count). The number of anilines is 3. The van der Waals surface area contributed by atoms with E-state index in [0.29, 0.717) is 76.0 Å². The van der Waals surface area contributed by atoms with Crippen LogP contribution in [0.15, 0.2) is 84.9 Å². The van der Waals surface area contributed by atoms with Crippen molar-refractivity contribution in [3.63, 3.8) is 0 Å². The average Bonchev–Trinajstić information content (AvgIpc) is 3.02. The number of nitrogens with one attached hydrogen (secondary N) is 4. The molecule has 220 valence electrons. The highest BCUT2D eigenvalue weighted by Gasteiger charge is 2.08. The average molecular weight is 574 g/mol. The molecule has 0 aliphatic rings. The van der Waals surface area contributed by atoms with E-state index < -0.39 is 0 Å². The fraction of sp³-hybridized carbons (Fsp3) is 0.290. The van der Waals surface area contributed by atoms with Crippen LogP contribution < -0.4 is 21.3 Å². The molecule has 0 atom stereocenters. The molecule has 0 saturated heterocycles. The van der Waals surface area contributed by atoms with Gasteiger partial charge in [0.15, 0.2) is 0 Å². The first-order valence-electron chi connectivity index (χ1n) is 13.9. The fourth-order valence-corrected chi connectivity index (χ4v) is 3.89. The second-order valence-electron chi connectivity index (χ2n) is 9.23. The normalized spacial score (nSPS) is 10.7. The van der Waals surface area contributed by atoms with E-state index in [4.69, 9.17) is 9.47 Å². The summed E-state index contributed by atoms with van der Waals surface area (Å²) in [6, 6.07) is 25.6. The number of hydrogen-bond donors (Lipinski definition) is 4. The summed E-state index contributed by atoms with van der Waals surface area (Å²) < 4.78 is 24.7. The monoisotopic (exact) mass is 573 g/mol. The van der Waals surface area contributed by atoms with E-state index in [1.807, 2.05) is 42.5 Å². The minimum atomic E-state index is -0.296. The molecule has 0 fully saturated rings. The second-order valence-corrected chi connectivity index (χ2v) is 9.23. The van der Waals surface area contributed by atoms with E-state index in [2.05, 4.69) is 48.4 Å². The highest BCUT2D eigenvalue weighted by atomic mass is 19.1. The van der Waals surface area contributed by atoms with Crippen molar-refractivity contribution >= 4 is 23.8 Å². The Kier molecular flexibility index (Phi) is 12.5. The highest BCUT2D eigenvalue weighted by molar-refractivity contribution is 5.94. The Bertz CT molecular complexity index is 1360. The van der Waals surface area contributed by atoms with Crippen molar-refractivity contribution < 1.29 is 18.7 Å². The maximum Gasteiger partial charge on any atom is 0.251 e. The van der Waals surface area contributed by atoms with E-state index in [1.54, 1.807) is 18.2 Å². The Morgan fingerprint density at radius 1 is 0.643 bits per heavy atom. The van der Waals surface area contributed by atoms with Gasteiger partial charge in [-0.05, 0) is 41.8 Å². The van der Waals surface area contributed by atoms with Gasteiger partial charge in [0.05, 0.1) is 26.4 Å². The SMILES string of the molecule is O=C(NCCOCCOCCNc1nc(NCCc2ccccc2)nc(NCc2cccc(F)c2)n1)c1ccccc1. The van der Waals surface area contributed by atoms with Crippen LogP contribution in [0.3, 0.4) is 0 Å². The number of benzene rings is 3. The number of rotatable bonds is 18. The molecule has 0 unspecified atom stereocenters. The molecule has 0 bridgehead atoms. The van der Waals surface area contributed by atoms with Gasteiger partial charge in [-0.25, -0.2) is 4.39 Å². The lowest BCUT2D eigenvalue weighted by Gasteiger charge is -2.12. The van der Waals surface area contributed by atoms with Gasteiger partial charge in [0.2, 0.25) is 17.8 Å². The summed E-state index contributed by atoms with van der Waals surface area (Å²) >= 11 is 0. The van der Waals surface area contributed by atoms with E-state index >= 15 is 0 Å². The van der Waals surface area contributed by atoms with Gasteiger partial charge in [0.1, 0.15) is 5.82 Å². The van der Waals surface area contributed by atoms with Crippen LogP contribution in [0, 0.1) is 5.82 Å². The lowest BCUT2D eigenvalue weighted by Crippen LogP contribution is -2.27. The number of carbonyl (C=O) groups excluding carboxylic acids is 1. The molecule has 0 radical (unpaired) electrons. The maximum absolute atomic E-state index is 13.6. The number of amides is 1. The van der Waals surface area contributed by atoms with Crippen molar-refractivity contribution in [3.8, 4) is 0 Å². The molecule has 0 aliphatic carbocycles. The zero-order chi connectivity index (χ0) is 29.2. The minimum Gasteiger partial charge on any atom is -0.377 e. The quantitative estimate of drug-likeness (QED) is 0.130. The summed E-state index contributed by atoms with van der Waals surface area (Å²) in [6.07, 6.45) is 0.816. The van der Waals surface area contributed by atoms with Crippen molar-refractivity contribution in [2.24, 2.45) is 0 Å². The van der Waals surface area contributed by atoms with Crippen molar-refractivity contribution in [1.82, 2.24) is 20.3 Å². The van der Waals surface area contributed by atoms with Crippen LogP contribution in [0.2, 0.25) is 0 Å². The third-order valence-corrected chi connectivity index (χ3v) is 5.98. The number of nitrogens with zero attached hydrogens (tertiary/aromatic N) is 3. The smallest absolute Gasteiger partial charge is 0.251 e. The van der Waals surface area contributed by atoms with Crippen LogP contribution >= 0.6 is 0 Å². The molecule has 11 heteroatoms. The molecule has 0 spiro atoms. The lowest BCUT2D eigenvalue weighted by atomic mass is 10.1. The Labute approximate surface area is 245 Å². The third-order valence-electron chi connectivity index (χ3n) is 5.98. The summed E-state index contributed by atoms with van der Waals surface area (Å²) in [5.41, 5.74) is 2.61. The highest BCUT2D eigenvalue weighted by Crippen LogP contribution is 2.12. The van der Waals surface area contributed by atoms with Gasteiger partial charge in [-0.15, -0.1) is 0 Å². The lowest BCUT2D eigenvalue weighted by molar-refractivity contribution is 0.0519. The van der Waals surface area contributed by atoms with Gasteiger partial charge in [-0.2, -0.15) is 15.0 Å². The number of halogens is 1. The van der Waals surface area contributed by atoms with E-state index in [0.717, 1.165) is 12.0 Å². The standard InChI is InChI=1S/C31H36FN7O3/c32-27-13-7-10-25(22-27)23-36-31-38-29(34-15-14-24-8-3-1-4-9-24)37-30(39-31)35-17-19-42-21-20-41-18-16-33-28(40)26-11-5-2-6-12-26/h1-13,22H,14-21,23H2,(H,33,40)(H3,34,35,36,37,38,39). The van der Waals surface area contributed by atoms with Crippen molar-refractivity contribution in [1.29, 1.82) is 0 Å². The maximum atomic E-state index is 13.6. The number of aromatic nitrogens is 3. The summed E-state index contributed by atoms with van der Waals surface area (Å²) in [5.74, 6) is 0.770. The molecular weight excluding hydrogens is 537 g/mol. The predicted molar refractivity (Wildman–Crippen MR) is 161 cm³/mol. The zero-order valence-electron chi connectivity index (χ0n) is 23.4. The first-order valence-corrected chi connectivity index (χ1v) is 13.9. The Morgan fingerprint density at radius 3 is 1.93 bits per heavy atom. The van der Waals surface area contributed by atoms with Gasteiger partial charge < -0.3 is 30.7 Å². The molecule has 1 aromatic heterocycles. The molecular formula is C31H36FN7O3. The minimum absolute atomic E-state index is 0.123. The first kappa shape index (κ1) is 30.4. The van der Waals surface area contributed by atoms with Crippen LogP contribution in [0.25, 0.3) is 0 Å². The van der Waals surface area contributed by atoms with Gasteiger partial charge in [0.25, 0.3) is 5.91 Å². The Morgan fingerprint density at radius 2 is 1.24 bits per heavy atom.